The number of hydrogen-bond donors (Lipinski definition) is 2. The number of para-hydroxylation sites is 1. The number of rotatable bonds is 7. The zero-order valence-corrected chi connectivity index (χ0v) is 18.4. The van der Waals surface area contributed by atoms with Gasteiger partial charge in [-0.2, -0.15) is 0 Å². The van der Waals surface area contributed by atoms with Crippen LogP contribution in [0.15, 0.2) is 78.9 Å². The summed E-state index contributed by atoms with van der Waals surface area (Å²) in [5.74, 6) is -0.130. The molecule has 0 saturated carbocycles. The lowest BCUT2D eigenvalue weighted by molar-refractivity contribution is -0.128. The fourth-order valence-electron chi connectivity index (χ4n) is 3.01. The Morgan fingerprint density at radius 3 is 2.19 bits per heavy atom. The first kappa shape index (κ1) is 22.4. The number of hydrogen-bond acceptors (Lipinski definition) is 3. The number of carbonyl (C=O) groups excluding carboxylic acids is 2. The summed E-state index contributed by atoms with van der Waals surface area (Å²) in [6.45, 7) is 5.24. The van der Waals surface area contributed by atoms with Gasteiger partial charge in [-0.05, 0) is 62.7 Å². The summed E-state index contributed by atoms with van der Waals surface area (Å²) in [5, 5.41) is 6.38. The molecule has 3 aromatic rings. The standard InChI is InChI=1S/C25H25ClN2O3/c1-17(18-9-5-4-6-10-18)27-23(29)21-11-7-8-12-22(21)28-24(30)25(2,3)31-20-15-13-19(26)14-16-20/h4-17H,1-3H3,(H,27,29)(H,28,30)/t17-/m0/s1. The number of ether oxygens (including phenoxy) is 1. The van der Waals surface area contributed by atoms with Gasteiger partial charge in [0, 0.05) is 5.02 Å². The molecule has 0 aliphatic rings. The normalized spacial score (nSPS) is 12.0. The van der Waals surface area contributed by atoms with Gasteiger partial charge in [-0.15, -0.1) is 0 Å². The minimum absolute atomic E-state index is 0.179. The minimum atomic E-state index is -1.17. The van der Waals surface area contributed by atoms with Crippen molar-refractivity contribution >= 4 is 29.1 Å². The lowest BCUT2D eigenvalue weighted by Crippen LogP contribution is -2.43. The van der Waals surface area contributed by atoms with E-state index in [0.29, 0.717) is 22.0 Å². The van der Waals surface area contributed by atoms with E-state index < -0.39 is 5.60 Å². The molecule has 2 amide bonds. The number of benzene rings is 3. The number of nitrogens with one attached hydrogen (secondary N) is 2. The molecule has 0 heterocycles. The van der Waals surface area contributed by atoms with Crippen LogP contribution in [0.1, 0.15) is 42.7 Å². The molecule has 3 aromatic carbocycles. The van der Waals surface area contributed by atoms with Crippen LogP contribution in [-0.4, -0.2) is 17.4 Å². The van der Waals surface area contributed by atoms with E-state index in [-0.39, 0.29) is 17.9 Å². The maximum atomic E-state index is 12.9. The third-order valence-electron chi connectivity index (χ3n) is 4.80. The topological polar surface area (TPSA) is 67.4 Å². The monoisotopic (exact) mass is 436 g/mol. The Balaban J connectivity index is 1.72. The van der Waals surface area contributed by atoms with E-state index in [1.54, 1.807) is 62.4 Å². The molecule has 0 aromatic heterocycles. The molecule has 2 N–H and O–H groups in total. The molecule has 0 saturated heterocycles. The van der Waals surface area contributed by atoms with Crippen molar-refractivity contribution in [1.82, 2.24) is 5.32 Å². The Morgan fingerprint density at radius 2 is 1.52 bits per heavy atom. The maximum absolute atomic E-state index is 12.9. The minimum Gasteiger partial charge on any atom is -0.478 e. The highest BCUT2D eigenvalue weighted by atomic mass is 35.5. The van der Waals surface area contributed by atoms with Crippen molar-refractivity contribution in [1.29, 1.82) is 0 Å². The predicted octanol–water partition coefficient (Wildman–Crippen LogP) is 5.63. The Morgan fingerprint density at radius 1 is 0.903 bits per heavy atom. The average molecular weight is 437 g/mol. The zero-order chi connectivity index (χ0) is 22.4. The van der Waals surface area contributed by atoms with Gasteiger partial charge in [0.2, 0.25) is 0 Å². The Kier molecular flexibility index (Phi) is 6.98. The van der Waals surface area contributed by atoms with Gasteiger partial charge in [-0.3, -0.25) is 9.59 Å². The van der Waals surface area contributed by atoms with Crippen LogP contribution in [-0.2, 0) is 4.79 Å². The third kappa shape index (κ3) is 5.86. The summed E-state index contributed by atoms with van der Waals surface area (Å²) in [5.41, 5.74) is 0.614. The molecule has 1 atom stereocenters. The van der Waals surface area contributed by atoms with Crippen molar-refractivity contribution in [2.75, 3.05) is 5.32 Å². The number of amides is 2. The molecule has 0 unspecified atom stereocenters. The molecule has 0 aliphatic heterocycles. The second kappa shape index (κ2) is 9.67. The van der Waals surface area contributed by atoms with E-state index in [2.05, 4.69) is 10.6 Å². The van der Waals surface area contributed by atoms with Crippen LogP contribution in [0, 0.1) is 0 Å². The van der Waals surface area contributed by atoms with E-state index in [9.17, 15) is 9.59 Å². The lowest BCUT2D eigenvalue weighted by Gasteiger charge is -2.26. The molecular formula is C25H25ClN2O3. The van der Waals surface area contributed by atoms with E-state index in [0.717, 1.165) is 5.56 Å². The summed E-state index contributed by atoms with van der Waals surface area (Å²) in [4.78, 5) is 25.8. The molecule has 160 valence electrons. The summed E-state index contributed by atoms with van der Waals surface area (Å²) < 4.78 is 5.84. The number of halogens is 1. The molecule has 0 fully saturated rings. The van der Waals surface area contributed by atoms with Crippen molar-refractivity contribution in [3.63, 3.8) is 0 Å². The summed E-state index contributed by atoms with van der Waals surface area (Å²) >= 11 is 5.90. The molecule has 0 spiro atoms. The highest BCUT2D eigenvalue weighted by molar-refractivity contribution is 6.30. The number of anilines is 1. The molecule has 5 nitrogen and oxygen atoms in total. The van der Waals surface area contributed by atoms with E-state index >= 15 is 0 Å². The van der Waals surface area contributed by atoms with Gasteiger partial charge in [0.25, 0.3) is 11.8 Å². The fourth-order valence-corrected chi connectivity index (χ4v) is 3.13. The van der Waals surface area contributed by atoms with Crippen LogP contribution in [0.5, 0.6) is 5.75 Å². The largest absolute Gasteiger partial charge is 0.478 e. The third-order valence-corrected chi connectivity index (χ3v) is 5.05. The van der Waals surface area contributed by atoms with Gasteiger partial charge in [0.15, 0.2) is 5.60 Å². The molecule has 0 bridgehead atoms. The fraction of sp³-hybridized carbons (Fsp3) is 0.200. The lowest BCUT2D eigenvalue weighted by atomic mass is 10.1. The van der Waals surface area contributed by atoms with Crippen LogP contribution in [0.25, 0.3) is 0 Å². The first-order chi connectivity index (χ1) is 14.8. The van der Waals surface area contributed by atoms with Crippen molar-refractivity contribution in [2.45, 2.75) is 32.4 Å². The van der Waals surface area contributed by atoms with Crippen LogP contribution in [0.3, 0.4) is 0 Å². The van der Waals surface area contributed by atoms with Gasteiger partial charge in [0.1, 0.15) is 5.75 Å². The van der Waals surface area contributed by atoms with E-state index in [1.807, 2.05) is 37.3 Å². The molecular weight excluding hydrogens is 412 g/mol. The first-order valence-electron chi connectivity index (χ1n) is 9.97. The van der Waals surface area contributed by atoms with Gasteiger partial charge in [-0.25, -0.2) is 0 Å². The molecule has 0 radical (unpaired) electrons. The van der Waals surface area contributed by atoms with E-state index in [4.69, 9.17) is 16.3 Å². The molecule has 3 rings (SSSR count). The highest BCUT2D eigenvalue weighted by Crippen LogP contribution is 2.24. The van der Waals surface area contributed by atoms with Gasteiger partial charge in [-0.1, -0.05) is 54.1 Å². The molecule has 0 aliphatic carbocycles. The predicted molar refractivity (Wildman–Crippen MR) is 124 cm³/mol. The Hall–Kier alpha value is -3.31. The van der Waals surface area contributed by atoms with Crippen molar-refractivity contribution in [3.05, 3.63) is 95.0 Å². The van der Waals surface area contributed by atoms with Gasteiger partial charge in [0.05, 0.1) is 17.3 Å². The molecule has 6 heteroatoms. The highest BCUT2D eigenvalue weighted by Gasteiger charge is 2.31. The quantitative estimate of drug-likeness (QED) is 0.504. The van der Waals surface area contributed by atoms with Crippen LogP contribution >= 0.6 is 11.6 Å². The van der Waals surface area contributed by atoms with Gasteiger partial charge >= 0.3 is 0 Å². The first-order valence-corrected chi connectivity index (χ1v) is 10.3. The maximum Gasteiger partial charge on any atom is 0.267 e. The van der Waals surface area contributed by atoms with Crippen molar-refractivity contribution in [3.8, 4) is 5.75 Å². The van der Waals surface area contributed by atoms with Crippen LogP contribution in [0.2, 0.25) is 5.02 Å². The second-order valence-electron chi connectivity index (χ2n) is 7.67. The number of carbonyl (C=O) groups is 2. The molecule has 31 heavy (non-hydrogen) atoms. The average Bonchev–Trinajstić information content (AvgIpc) is 2.76. The zero-order valence-electron chi connectivity index (χ0n) is 17.7. The smallest absolute Gasteiger partial charge is 0.267 e. The van der Waals surface area contributed by atoms with Crippen molar-refractivity contribution in [2.24, 2.45) is 0 Å². The van der Waals surface area contributed by atoms with Crippen LogP contribution in [0.4, 0.5) is 5.69 Å². The summed E-state index contributed by atoms with van der Waals surface area (Å²) in [7, 11) is 0. The summed E-state index contributed by atoms with van der Waals surface area (Å²) in [6.07, 6.45) is 0. The van der Waals surface area contributed by atoms with Crippen LogP contribution < -0.4 is 15.4 Å². The second-order valence-corrected chi connectivity index (χ2v) is 8.11. The SMILES string of the molecule is C[C@H](NC(=O)c1ccccc1NC(=O)C(C)(C)Oc1ccc(Cl)cc1)c1ccccc1. The Labute approximate surface area is 187 Å². The van der Waals surface area contributed by atoms with Gasteiger partial charge < -0.3 is 15.4 Å². The van der Waals surface area contributed by atoms with E-state index in [1.165, 1.54) is 0 Å². The Bertz CT molecular complexity index is 1050. The van der Waals surface area contributed by atoms with Crippen molar-refractivity contribution < 1.29 is 14.3 Å². The summed E-state index contributed by atoms with van der Waals surface area (Å²) in [6, 6.07) is 23.2.